The zero-order chi connectivity index (χ0) is 30.8. The molecule has 5 rings (SSSR count). The summed E-state index contributed by atoms with van der Waals surface area (Å²) in [5.41, 5.74) is 1.39. The number of carboxylic acid groups (broad SMARTS) is 1. The Kier molecular flexibility index (Phi) is 11.3. The minimum Gasteiger partial charge on any atom is -0.480 e. The van der Waals surface area contributed by atoms with Gasteiger partial charge in [-0.3, -0.25) is 19.3 Å². The normalized spacial score (nSPS) is 17.3. The number of morpholine rings is 1. The Hall–Kier alpha value is -4.26. The molecule has 0 aliphatic carbocycles. The van der Waals surface area contributed by atoms with Gasteiger partial charge in [0.25, 0.3) is 5.91 Å². The van der Waals surface area contributed by atoms with Crippen molar-refractivity contribution < 1.29 is 33.8 Å². The number of para-hydroxylation sites is 1. The van der Waals surface area contributed by atoms with E-state index in [0.29, 0.717) is 54.3 Å². The molecule has 2 aromatic carbocycles. The summed E-state index contributed by atoms with van der Waals surface area (Å²) in [6, 6.07) is 13.5. The monoisotopic (exact) mass is 612 g/mol. The summed E-state index contributed by atoms with van der Waals surface area (Å²) in [6.07, 6.45) is 0.880. The van der Waals surface area contributed by atoms with E-state index in [4.69, 9.17) is 26.2 Å². The average Bonchev–Trinajstić information content (AvgIpc) is 3.44. The van der Waals surface area contributed by atoms with Gasteiger partial charge in [-0.1, -0.05) is 29.8 Å². The molecular weight excluding hydrogens is 580 g/mol. The number of nitrogens with zero attached hydrogens (tertiary/aromatic N) is 1. The minimum absolute atomic E-state index is 0.111. The lowest BCUT2D eigenvalue weighted by atomic mass is 10.0. The Bertz CT molecular complexity index is 1500. The van der Waals surface area contributed by atoms with Crippen molar-refractivity contribution in [2.24, 2.45) is 0 Å². The Morgan fingerprint density at radius 2 is 1.81 bits per heavy atom. The fourth-order valence-electron chi connectivity index (χ4n) is 4.70. The Labute approximate surface area is 252 Å². The number of hydrogen-bond acceptors (Lipinski definition) is 8. The number of benzene rings is 2. The van der Waals surface area contributed by atoms with Gasteiger partial charge >= 0.3 is 11.9 Å². The number of ether oxygens (including phenoxy) is 2. The summed E-state index contributed by atoms with van der Waals surface area (Å²) in [5, 5.41) is 14.7. The van der Waals surface area contributed by atoms with E-state index in [0.717, 1.165) is 18.5 Å². The smallest absolute Gasteiger partial charge is 0.329 e. The van der Waals surface area contributed by atoms with Gasteiger partial charge in [0.15, 0.2) is 0 Å². The number of rotatable bonds is 9. The molecule has 3 aromatic rings. The third kappa shape index (κ3) is 9.37. The van der Waals surface area contributed by atoms with Crippen LogP contribution in [0.5, 0.6) is 0 Å². The molecule has 0 radical (unpaired) electrons. The number of hydrogen-bond donors (Lipinski definition) is 4. The largest absolute Gasteiger partial charge is 0.480 e. The second kappa shape index (κ2) is 15.3. The summed E-state index contributed by atoms with van der Waals surface area (Å²) < 4.78 is 10.9. The van der Waals surface area contributed by atoms with E-state index in [1.54, 1.807) is 30.3 Å². The number of fused-ring (bicyclic) bond motifs is 1. The first-order valence-electron chi connectivity index (χ1n) is 13.9. The Morgan fingerprint density at radius 3 is 2.47 bits per heavy atom. The third-order valence-electron chi connectivity index (χ3n) is 7.01. The highest BCUT2D eigenvalue weighted by Crippen LogP contribution is 2.17. The van der Waals surface area contributed by atoms with Crippen LogP contribution < -0.4 is 16.2 Å². The molecule has 228 valence electrons. The summed E-state index contributed by atoms with van der Waals surface area (Å²) in [7, 11) is 0. The summed E-state index contributed by atoms with van der Waals surface area (Å²) in [5.74, 6) is -2.09. The average molecular weight is 613 g/mol. The van der Waals surface area contributed by atoms with E-state index in [-0.39, 0.29) is 24.5 Å². The number of amides is 2. The van der Waals surface area contributed by atoms with Gasteiger partial charge in [-0.05, 0) is 42.3 Å². The molecule has 3 heterocycles. The zero-order valence-electron chi connectivity index (χ0n) is 23.3. The lowest BCUT2D eigenvalue weighted by molar-refractivity contribution is -0.146. The van der Waals surface area contributed by atoms with E-state index in [1.165, 1.54) is 6.07 Å². The van der Waals surface area contributed by atoms with Crippen LogP contribution in [0.2, 0.25) is 5.02 Å². The number of aliphatic carboxylic acids is 1. The van der Waals surface area contributed by atoms with Crippen LogP contribution in [0.25, 0.3) is 10.9 Å². The third-order valence-corrected chi connectivity index (χ3v) is 7.26. The number of nitrogens with one attached hydrogen (secondary N) is 3. The molecule has 0 saturated carbocycles. The summed E-state index contributed by atoms with van der Waals surface area (Å²) >= 11 is 5.92. The number of H-pyrrole nitrogens is 1. The van der Waals surface area contributed by atoms with Gasteiger partial charge in [0.2, 0.25) is 11.5 Å². The summed E-state index contributed by atoms with van der Waals surface area (Å²) in [4.78, 5) is 63.6. The van der Waals surface area contributed by atoms with Gasteiger partial charge in [-0.15, -0.1) is 0 Å². The van der Waals surface area contributed by atoms with Crippen molar-refractivity contribution in [1.29, 1.82) is 0 Å². The van der Waals surface area contributed by atoms with Gasteiger partial charge in [0, 0.05) is 60.0 Å². The lowest BCUT2D eigenvalue weighted by Gasteiger charge is -2.26. The molecule has 2 aliphatic rings. The van der Waals surface area contributed by atoms with Crippen molar-refractivity contribution in [1.82, 2.24) is 20.5 Å². The SMILES string of the molecule is O=C(NC(Cc1cc(=O)[nH]c2ccccc12)C(=O)OCCN1CCOCC1)c1ccc(Cl)cc1.O=C1CCC(C(=O)O)N1. The van der Waals surface area contributed by atoms with Gasteiger partial charge in [0.05, 0.1) is 13.2 Å². The van der Waals surface area contributed by atoms with Crippen LogP contribution in [-0.2, 0) is 30.3 Å². The molecule has 2 unspecified atom stereocenters. The predicted molar refractivity (Wildman–Crippen MR) is 158 cm³/mol. The van der Waals surface area contributed by atoms with Crippen molar-refractivity contribution in [2.45, 2.75) is 31.3 Å². The van der Waals surface area contributed by atoms with Crippen LogP contribution in [0.15, 0.2) is 59.4 Å². The number of carboxylic acids is 1. The van der Waals surface area contributed by atoms with Gasteiger partial charge < -0.3 is 30.2 Å². The Balaban J connectivity index is 0.000000403. The number of aromatic amines is 1. The molecule has 1 aromatic heterocycles. The quantitative estimate of drug-likeness (QED) is 0.263. The first-order chi connectivity index (χ1) is 20.7. The van der Waals surface area contributed by atoms with Gasteiger partial charge in [0.1, 0.15) is 18.7 Å². The molecule has 0 bridgehead atoms. The highest BCUT2D eigenvalue weighted by atomic mass is 35.5. The van der Waals surface area contributed by atoms with Crippen LogP contribution in [0.1, 0.15) is 28.8 Å². The van der Waals surface area contributed by atoms with Crippen LogP contribution in [0, 0.1) is 0 Å². The van der Waals surface area contributed by atoms with Crippen LogP contribution in [0.3, 0.4) is 0 Å². The van der Waals surface area contributed by atoms with Crippen molar-refractivity contribution in [3.05, 3.63) is 81.1 Å². The van der Waals surface area contributed by atoms with E-state index >= 15 is 0 Å². The van der Waals surface area contributed by atoms with Crippen molar-refractivity contribution in [2.75, 3.05) is 39.5 Å². The number of carbonyl (C=O) groups is 4. The van der Waals surface area contributed by atoms with Crippen LogP contribution >= 0.6 is 11.6 Å². The maximum atomic E-state index is 13.0. The Morgan fingerprint density at radius 1 is 1.09 bits per heavy atom. The first kappa shape index (κ1) is 31.7. The van der Waals surface area contributed by atoms with Gasteiger partial charge in [-0.25, -0.2) is 9.59 Å². The topological polar surface area (TPSA) is 167 Å². The molecule has 2 fully saturated rings. The van der Waals surface area contributed by atoms with Crippen molar-refractivity contribution in [3.8, 4) is 0 Å². The van der Waals surface area contributed by atoms with E-state index in [9.17, 15) is 24.0 Å². The molecule has 4 N–H and O–H groups in total. The number of halogens is 1. The molecule has 13 heteroatoms. The number of carbonyl (C=O) groups excluding carboxylic acids is 3. The molecule has 2 aliphatic heterocycles. The highest BCUT2D eigenvalue weighted by Gasteiger charge is 2.26. The predicted octanol–water partition coefficient (Wildman–Crippen LogP) is 1.75. The van der Waals surface area contributed by atoms with Crippen molar-refractivity contribution in [3.63, 3.8) is 0 Å². The van der Waals surface area contributed by atoms with Crippen LogP contribution in [-0.4, -0.2) is 90.3 Å². The number of pyridine rings is 1. The zero-order valence-corrected chi connectivity index (χ0v) is 24.1. The van der Waals surface area contributed by atoms with E-state index in [1.807, 2.05) is 18.2 Å². The standard InChI is InChI=1S/C25H26ClN3O5.C5H7NO3/c26-19-7-5-17(6-8-19)24(31)28-22(25(32)34-14-11-29-9-12-33-13-10-29)15-18-16-23(30)27-21-4-2-1-3-20(18)21;7-4-2-1-3(6-4)5(8)9/h1-8,16,22H,9-15H2,(H,27,30)(H,28,31);3H,1-2H2,(H,6,7)(H,8,9). The van der Waals surface area contributed by atoms with Crippen molar-refractivity contribution >= 4 is 46.3 Å². The molecule has 0 spiro atoms. The minimum atomic E-state index is -0.974. The fraction of sp³-hybridized carbons (Fsp3) is 0.367. The number of esters is 1. The summed E-state index contributed by atoms with van der Waals surface area (Å²) in [6.45, 7) is 3.66. The molecule has 43 heavy (non-hydrogen) atoms. The second-order valence-electron chi connectivity index (χ2n) is 10.1. The molecule has 2 saturated heterocycles. The maximum absolute atomic E-state index is 13.0. The van der Waals surface area contributed by atoms with Crippen LogP contribution in [0.4, 0.5) is 0 Å². The van der Waals surface area contributed by atoms with Gasteiger partial charge in [-0.2, -0.15) is 0 Å². The molecule has 2 atom stereocenters. The second-order valence-corrected chi connectivity index (χ2v) is 10.5. The first-order valence-corrected chi connectivity index (χ1v) is 14.2. The van der Waals surface area contributed by atoms with E-state index < -0.39 is 29.9 Å². The highest BCUT2D eigenvalue weighted by molar-refractivity contribution is 6.30. The molecule has 12 nitrogen and oxygen atoms in total. The molecule has 2 amide bonds. The molecular formula is C30H33ClN4O8. The maximum Gasteiger partial charge on any atom is 0.329 e. The fourth-order valence-corrected chi connectivity index (χ4v) is 4.83. The number of aromatic nitrogens is 1. The lowest BCUT2D eigenvalue weighted by Crippen LogP contribution is -2.44. The van der Waals surface area contributed by atoms with E-state index in [2.05, 4.69) is 20.5 Å².